The van der Waals surface area contributed by atoms with Gasteiger partial charge >= 0.3 is 11.9 Å². The van der Waals surface area contributed by atoms with Crippen molar-refractivity contribution in [3.63, 3.8) is 0 Å². The summed E-state index contributed by atoms with van der Waals surface area (Å²) in [7, 11) is 1.25. The third-order valence-electron chi connectivity index (χ3n) is 1.67. The lowest BCUT2D eigenvalue weighted by Gasteiger charge is -2.04. The Morgan fingerprint density at radius 3 is 2.73 bits per heavy atom. The molecule has 0 aliphatic heterocycles. The lowest BCUT2D eigenvalue weighted by molar-refractivity contribution is -0.142. The minimum Gasteiger partial charge on any atom is -0.482 e. The molecule has 5 heteroatoms. The minimum absolute atomic E-state index is 0.109. The second-order valence-corrected chi connectivity index (χ2v) is 2.70. The van der Waals surface area contributed by atoms with Crippen LogP contribution in [-0.4, -0.2) is 30.8 Å². The Balaban J connectivity index is 2.66. The fraction of sp³-hybridized carbons (Fsp3) is 0.200. The van der Waals surface area contributed by atoms with E-state index in [1.807, 2.05) is 0 Å². The first-order valence-electron chi connectivity index (χ1n) is 4.16. The first-order valence-corrected chi connectivity index (χ1v) is 4.16. The zero-order chi connectivity index (χ0) is 11.3. The summed E-state index contributed by atoms with van der Waals surface area (Å²) < 4.78 is 9.38. The number of benzene rings is 1. The fourth-order valence-electron chi connectivity index (χ4n) is 0.920. The van der Waals surface area contributed by atoms with Gasteiger partial charge in [0, 0.05) is 0 Å². The highest BCUT2D eigenvalue weighted by Crippen LogP contribution is 2.13. The van der Waals surface area contributed by atoms with Crippen molar-refractivity contribution >= 4 is 11.9 Å². The summed E-state index contributed by atoms with van der Waals surface area (Å²) in [6.45, 7) is -0.237. The van der Waals surface area contributed by atoms with Gasteiger partial charge in [0.05, 0.1) is 12.7 Å². The van der Waals surface area contributed by atoms with Gasteiger partial charge in [0.25, 0.3) is 0 Å². The average Bonchev–Trinajstić information content (AvgIpc) is 2.26. The van der Waals surface area contributed by atoms with Crippen molar-refractivity contribution in [1.82, 2.24) is 0 Å². The van der Waals surface area contributed by atoms with Crippen molar-refractivity contribution in [1.29, 1.82) is 0 Å². The van der Waals surface area contributed by atoms with Crippen LogP contribution in [0.5, 0.6) is 5.75 Å². The van der Waals surface area contributed by atoms with Crippen LogP contribution in [0.2, 0.25) is 0 Å². The Labute approximate surface area is 86.2 Å². The van der Waals surface area contributed by atoms with Gasteiger partial charge in [-0.05, 0) is 18.2 Å². The van der Waals surface area contributed by atoms with E-state index in [1.165, 1.54) is 25.3 Å². The van der Waals surface area contributed by atoms with Crippen LogP contribution in [0.15, 0.2) is 24.3 Å². The normalized spacial score (nSPS) is 9.40. The number of carboxylic acids is 1. The molecule has 0 aromatic heterocycles. The topological polar surface area (TPSA) is 72.8 Å². The van der Waals surface area contributed by atoms with E-state index >= 15 is 0 Å². The molecule has 5 nitrogen and oxygen atoms in total. The van der Waals surface area contributed by atoms with E-state index < -0.39 is 11.9 Å². The molecule has 0 amide bonds. The molecule has 1 rings (SSSR count). The first-order chi connectivity index (χ1) is 7.13. The van der Waals surface area contributed by atoms with Gasteiger partial charge < -0.3 is 14.6 Å². The molecule has 0 saturated heterocycles. The van der Waals surface area contributed by atoms with Crippen LogP contribution < -0.4 is 4.74 Å². The number of carbonyl (C=O) groups excluding carboxylic acids is 1. The van der Waals surface area contributed by atoms with Gasteiger partial charge in [0.2, 0.25) is 0 Å². The number of rotatable bonds is 4. The highest BCUT2D eigenvalue weighted by molar-refractivity contribution is 5.88. The van der Waals surface area contributed by atoms with Crippen molar-refractivity contribution in [2.24, 2.45) is 0 Å². The van der Waals surface area contributed by atoms with Crippen LogP contribution in [-0.2, 0) is 9.53 Å². The van der Waals surface area contributed by atoms with Gasteiger partial charge in [-0.3, -0.25) is 0 Å². The third-order valence-corrected chi connectivity index (χ3v) is 1.67. The molecule has 0 saturated carbocycles. The molecule has 1 aromatic carbocycles. The SMILES string of the molecule is COC(=O)COc1cccc(C(=O)O)c1. The number of carboxylic acid groups (broad SMARTS) is 1. The van der Waals surface area contributed by atoms with Gasteiger partial charge in [-0.15, -0.1) is 0 Å². The molecule has 0 heterocycles. The van der Waals surface area contributed by atoms with Gasteiger partial charge in [-0.2, -0.15) is 0 Å². The van der Waals surface area contributed by atoms with E-state index in [9.17, 15) is 9.59 Å². The standard InChI is InChI=1S/C10H10O5/c1-14-9(11)6-15-8-4-2-3-7(5-8)10(12)13/h2-5H,6H2,1H3,(H,12,13). The number of hydrogen-bond donors (Lipinski definition) is 1. The van der Waals surface area contributed by atoms with E-state index in [0.29, 0.717) is 5.75 Å². The minimum atomic E-state index is -1.04. The predicted octanol–water partition coefficient (Wildman–Crippen LogP) is 0.937. The molecule has 0 fully saturated rings. The quantitative estimate of drug-likeness (QED) is 0.748. The molecule has 0 unspecified atom stereocenters. The van der Waals surface area contributed by atoms with Crippen LogP contribution in [0.1, 0.15) is 10.4 Å². The second-order valence-electron chi connectivity index (χ2n) is 2.70. The molecule has 80 valence electrons. The molecule has 0 aliphatic rings. The number of carbonyl (C=O) groups is 2. The summed E-state index contributed by atoms with van der Waals surface area (Å²) >= 11 is 0. The number of methoxy groups -OCH3 is 1. The summed E-state index contributed by atoms with van der Waals surface area (Å²) in [6.07, 6.45) is 0. The number of esters is 1. The van der Waals surface area contributed by atoms with E-state index in [1.54, 1.807) is 6.07 Å². The Bertz CT molecular complexity index is 372. The highest BCUT2D eigenvalue weighted by atomic mass is 16.6. The second kappa shape index (κ2) is 4.99. The number of ether oxygens (including phenoxy) is 2. The Morgan fingerprint density at radius 2 is 2.13 bits per heavy atom. The summed E-state index contributed by atoms with van der Waals surface area (Å²) in [5.74, 6) is -1.24. The molecule has 15 heavy (non-hydrogen) atoms. The van der Waals surface area contributed by atoms with Crippen molar-refractivity contribution in [3.05, 3.63) is 29.8 Å². The third kappa shape index (κ3) is 3.30. The van der Waals surface area contributed by atoms with Gasteiger partial charge in [-0.25, -0.2) is 9.59 Å². The van der Waals surface area contributed by atoms with E-state index in [2.05, 4.69) is 4.74 Å². The van der Waals surface area contributed by atoms with Crippen molar-refractivity contribution < 1.29 is 24.2 Å². The van der Waals surface area contributed by atoms with Crippen LogP contribution in [0.25, 0.3) is 0 Å². The monoisotopic (exact) mass is 210 g/mol. The molecule has 0 spiro atoms. The van der Waals surface area contributed by atoms with Crippen molar-refractivity contribution in [3.8, 4) is 5.75 Å². The van der Waals surface area contributed by atoms with Crippen molar-refractivity contribution in [2.45, 2.75) is 0 Å². The molecule has 0 aliphatic carbocycles. The molecular weight excluding hydrogens is 200 g/mol. The van der Waals surface area contributed by atoms with E-state index in [0.717, 1.165) is 0 Å². The van der Waals surface area contributed by atoms with Gasteiger partial charge in [0.15, 0.2) is 6.61 Å². The first kappa shape index (κ1) is 11.0. The highest BCUT2D eigenvalue weighted by Gasteiger charge is 2.05. The molecule has 0 atom stereocenters. The fourth-order valence-corrected chi connectivity index (χ4v) is 0.920. The van der Waals surface area contributed by atoms with Gasteiger partial charge in [0.1, 0.15) is 5.75 Å². The van der Waals surface area contributed by atoms with Crippen LogP contribution >= 0.6 is 0 Å². The molecule has 1 N–H and O–H groups in total. The summed E-state index contributed by atoms with van der Waals surface area (Å²) in [5, 5.41) is 8.69. The Hall–Kier alpha value is -2.04. The zero-order valence-corrected chi connectivity index (χ0v) is 8.10. The summed E-state index contributed by atoms with van der Waals surface area (Å²) in [4.78, 5) is 21.3. The van der Waals surface area contributed by atoms with E-state index in [4.69, 9.17) is 9.84 Å². The maximum atomic E-state index is 10.7. The summed E-state index contributed by atoms with van der Waals surface area (Å²) in [6, 6.07) is 5.88. The molecular formula is C10H10O5. The maximum Gasteiger partial charge on any atom is 0.343 e. The van der Waals surface area contributed by atoms with Crippen LogP contribution in [0.3, 0.4) is 0 Å². The molecule has 0 bridgehead atoms. The largest absolute Gasteiger partial charge is 0.482 e. The molecule has 0 radical (unpaired) electrons. The maximum absolute atomic E-state index is 10.7. The number of hydrogen-bond acceptors (Lipinski definition) is 4. The summed E-state index contributed by atoms with van der Waals surface area (Å²) in [5.41, 5.74) is 0.109. The smallest absolute Gasteiger partial charge is 0.343 e. The molecule has 1 aromatic rings. The van der Waals surface area contributed by atoms with Crippen LogP contribution in [0, 0.1) is 0 Å². The Morgan fingerprint density at radius 1 is 1.40 bits per heavy atom. The number of aromatic carboxylic acids is 1. The van der Waals surface area contributed by atoms with Crippen molar-refractivity contribution in [2.75, 3.05) is 13.7 Å². The Kier molecular flexibility index (Phi) is 3.68. The zero-order valence-electron chi connectivity index (χ0n) is 8.10. The average molecular weight is 210 g/mol. The lowest BCUT2D eigenvalue weighted by Crippen LogP contribution is -2.12. The van der Waals surface area contributed by atoms with Crippen LogP contribution in [0.4, 0.5) is 0 Å². The lowest BCUT2D eigenvalue weighted by atomic mass is 10.2. The van der Waals surface area contributed by atoms with E-state index in [-0.39, 0.29) is 12.2 Å². The van der Waals surface area contributed by atoms with Gasteiger partial charge in [-0.1, -0.05) is 6.07 Å². The predicted molar refractivity (Wildman–Crippen MR) is 50.9 cm³/mol.